The van der Waals surface area contributed by atoms with E-state index < -0.39 is 15.8 Å². The third-order valence-corrected chi connectivity index (χ3v) is 7.08. The molecule has 0 unspecified atom stereocenters. The average molecular weight is 584 g/mol. The Balaban J connectivity index is 1.85. The molecule has 176 valence electrons. The van der Waals surface area contributed by atoms with Crippen LogP contribution in [0.5, 0.6) is 0 Å². The van der Waals surface area contributed by atoms with Crippen LogP contribution in [0.1, 0.15) is 10.5 Å². The summed E-state index contributed by atoms with van der Waals surface area (Å²) in [4.78, 5) is 12.7. The number of thioether (sulfide) groups is 1. The third kappa shape index (κ3) is 4.90. The number of nitrogens with zero attached hydrogens (tertiary/aromatic N) is 4. The van der Waals surface area contributed by atoms with Gasteiger partial charge in [0, 0.05) is 11.8 Å². The van der Waals surface area contributed by atoms with E-state index in [0.29, 0.717) is 16.3 Å². The molecule has 0 radical (unpaired) electrons. The number of sulfone groups is 1. The molecule has 2 aromatic heterocycles. The molecule has 0 saturated heterocycles. The van der Waals surface area contributed by atoms with Crippen LogP contribution in [0.3, 0.4) is 0 Å². The molecule has 0 aliphatic heterocycles. The first-order valence-electron chi connectivity index (χ1n) is 9.54. The number of para-hydroxylation sites is 1. The van der Waals surface area contributed by atoms with Crippen LogP contribution in [0, 0.1) is 0 Å². The number of halogens is 2. The smallest absolute Gasteiger partial charge is 0.360 e. The summed E-state index contributed by atoms with van der Waals surface area (Å²) >= 11 is 11.1. The standard InChI is InChI=1S/C21H16BrClN4O5S2/c1-33-11-31-21(28)17-16(22)18(27(26-17)15-9-4-3-8-14(15)23)20-25-24-19(32-20)12-6-5-7-13(10-12)34(2,29)30/h3-10H,11H2,1-2H3. The Morgan fingerprint density at radius 2 is 1.91 bits per heavy atom. The van der Waals surface area contributed by atoms with Crippen LogP contribution in [0.25, 0.3) is 28.7 Å². The summed E-state index contributed by atoms with van der Waals surface area (Å²) in [5, 5.41) is 12.9. The number of rotatable bonds is 7. The normalized spacial score (nSPS) is 11.5. The molecular weight excluding hydrogens is 568 g/mol. The zero-order chi connectivity index (χ0) is 24.5. The molecule has 0 N–H and O–H groups in total. The molecule has 2 heterocycles. The molecule has 9 nitrogen and oxygen atoms in total. The van der Waals surface area contributed by atoms with E-state index in [2.05, 4.69) is 31.2 Å². The van der Waals surface area contributed by atoms with E-state index in [4.69, 9.17) is 20.8 Å². The van der Waals surface area contributed by atoms with Gasteiger partial charge in [-0.25, -0.2) is 17.9 Å². The Kier molecular flexibility index (Phi) is 7.12. The first-order chi connectivity index (χ1) is 16.2. The first kappa shape index (κ1) is 24.5. The number of hydrogen-bond donors (Lipinski definition) is 0. The maximum atomic E-state index is 12.6. The Bertz CT molecular complexity index is 1490. The highest BCUT2D eigenvalue weighted by atomic mass is 79.9. The minimum atomic E-state index is -3.43. The number of benzene rings is 2. The monoisotopic (exact) mass is 582 g/mol. The zero-order valence-electron chi connectivity index (χ0n) is 17.7. The van der Waals surface area contributed by atoms with E-state index in [9.17, 15) is 13.2 Å². The number of ether oxygens (including phenoxy) is 1. The largest absolute Gasteiger partial charge is 0.450 e. The van der Waals surface area contributed by atoms with Gasteiger partial charge in [-0.2, -0.15) is 5.10 Å². The number of carbonyl (C=O) groups is 1. The second-order valence-electron chi connectivity index (χ2n) is 6.93. The summed E-state index contributed by atoms with van der Waals surface area (Å²) in [6.45, 7) is 0. The molecule has 4 rings (SSSR count). The predicted molar refractivity (Wildman–Crippen MR) is 132 cm³/mol. The van der Waals surface area contributed by atoms with Crippen molar-refractivity contribution in [2.75, 3.05) is 18.5 Å². The van der Waals surface area contributed by atoms with Crippen LogP contribution < -0.4 is 0 Å². The molecule has 0 aliphatic rings. The summed E-state index contributed by atoms with van der Waals surface area (Å²) < 4.78 is 36.6. The van der Waals surface area contributed by atoms with Gasteiger partial charge in [0.1, 0.15) is 11.6 Å². The molecule has 2 aromatic carbocycles. The quantitative estimate of drug-likeness (QED) is 0.221. The summed E-state index contributed by atoms with van der Waals surface area (Å²) in [5.74, 6) is -0.372. The van der Waals surface area contributed by atoms with Gasteiger partial charge < -0.3 is 9.15 Å². The number of aromatic nitrogens is 4. The van der Waals surface area contributed by atoms with Crippen molar-refractivity contribution in [3.05, 3.63) is 63.7 Å². The van der Waals surface area contributed by atoms with Crippen molar-refractivity contribution in [1.82, 2.24) is 20.0 Å². The van der Waals surface area contributed by atoms with Crippen LogP contribution >= 0.6 is 39.3 Å². The lowest BCUT2D eigenvalue weighted by Crippen LogP contribution is -2.07. The maximum absolute atomic E-state index is 12.6. The Morgan fingerprint density at radius 3 is 2.62 bits per heavy atom. The van der Waals surface area contributed by atoms with Gasteiger partial charge >= 0.3 is 5.97 Å². The molecular formula is C21H16BrClN4O5S2. The van der Waals surface area contributed by atoms with Gasteiger partial charge in [-0.3, -0.25) is 0 Å². The summed E-state index contributed by atoms with van der Waals surface area (Å²) in [7, 11) is -3.43. The van der Waals surface area contributed by atoms with E-state index in [1.807, 2.05) is 0 Å². The lowest BCUT2D eigenvalue weighted by atomic mass is 10.2. The van der Waals surface area contributed by atoms with E-state index in [1.165, 1.54) is 28.6 Å². The van der Waals surface area contributed by atoms with E-state index in [1.54, 1.807) is 42.7 Å². The number of esters is 1. The van der Waals surface area contributed by atoms with E-state index in [-0.39, 0.29) is 38.5 Å². The minimum Gasteiger partial charge on any atom is -0.450 e. The highest BCUT2D eigenvalue weighted by Gasteiger charge is 2.28. The molecule has 0 bridgehead atoms. The Labute approximate surface area is 212 Å². The SMILES string of the molecule is CSCOC(=O)c1nn(-c2ccccc2Cl)c(-c2nnc(-c3cccc(S(C)(=O)=O)c3)o2)c1Br. The topological polar surface area (TPSA) is 117 Å². The maximum Gasteiger partial charge on any atom is 0.360 e. The highest BCUT2D eigenvalue weighted by Crippen LogP contribution is 2.36. The van der Waals surface area contributed by atoms with Gasteiger partial charge in [-0.15, -0.1) is 22.0 Å². The van der Waals surface area contributed by atoms with Crippen LogP contribution in [0.2, 0.25) is 5.02 Å². The molecule has 0 fully saturated rings. The third-order valence-electron chi connectivity index (χ3n) is 4.55. The second kappa shape index (κ2) is 9.90. The van der Waals surface area contributed by atoms with Crippen LogP contribution in [0.15, 0.2) is 62.3 Å². The molecule has 0 atom stereocenters. The van der Waals surface area contributed by atoms with Gasteiger partial charge in [-0.1, -0.05) is 29.8 Å². The van der Waals surface area contributed by atoms with E-state index in [0.717, 1.165) is 6.26 Å². The van der Waals surface area contributed by atoms with Gasteiger partial charge in [-0.05, 0) is 52.5 Å². The highest BCUT2D eigenvalue weighted by molar-refractivity contribution is 9.10. The van der Waals surface area contributed by atoms with Crippen molar-refractivity contribution < 1.29 is 22.4 Å². The van der Waals surface area contributed by atoms with Gasteiger partial charge in [0.15, 0.2) is 15.5 Å². The zero-order valence-corrected chi connectivity index (χ0v) is 21.7. The average Bonchev–Trinajstić information content (AvgIpc) is 3.42. The van der Waals surface area contributed by atoms with Crippen molar-refractivity contribution in [3.8, 4) is 28.7 Å². The van der Waals surface area contributed by atoms with Crippen LogP contribution in [-0.4, -0.2) is 52.8 Å². The number of hydrogen-bond acceptors (Lipinski definition) is 9. The molecule has 0 saturated carbocycles. The van der Waals surface area contributed by atoms with Crippen molar-refractivity contribution in [2.45, 2.75) is 4.90 Å². The lowest BCUT2D eigenvalue weighted by Gasteiger charge is -2.06. The summed E-state index contributed by atoms with van der Waals surface area (Å²) in [5.41, 5.74) is 1.17. The second-order valence-corrected chi connectivity index (χ2v) is 11.0. The van der Waals surface area contributed by atoms with E-state index >= 15 is 0 Å². The number of carbonyl (C=O) groups excluding carboxylic acids is 1. The van der Waals surface area contributed by atoms with Crippen molar-refractivity contribution in [2.24, 2.45) is 0 Å². The molecule has 13 heteroatoms. The van der Waals surface area contributed by atoms with Crippen LogP contribution in [0.4, 0.5) is 0 Å². The Hall–Kier alpha value is -2.67. The van der Waals surface area contributed by atoms with Crippen molar-refractivity contribution in [1.29, 1.82) is 0 Å². The summed E-state index contributed by atoms with van der Waals surface area (Å²) in [6, 6.07) is 13.1. The first-order valence-corrected chi connectivity index (χ1v) is 14.0. The minimum absolute atomic E-state index is 0.00259. The molecule has 0 aliphatic carbocycles. The van der Waals surface area contributed by atoms with Gasteiger partial charge in [0.05, 0.1) is 20.1 Å². The van der Waals surface area contributed by atoms with Crippen molar-refractivity contribution >= 4 is 55.1 Å². The molecule has 34 heavy (non-hydrogen) atoms. The fourth-order valence-electron chi connectivity index (χ4n) is 2.99. The lowest BCUT2D eigenvalue weighted by molar-refractivity contribution is 0.0571. The summed E-state index contributed by atoms with van der Waals surface area (Å²) in [6.07, 6.45) is 2.91. The molecule has 0 spiro atoms. The van der Waals surface area contributed by atoms with Crippen LogP contribution in [-0.2, 0) is 14.6 Å². The fourth-order valence-corrected chi connectivity index (χ4v) is 4.67. The van der Waals surface area contributed by atoms with Gasteiger partial charge in [0.2, 0.25) is 5.89 Å². The Morgan fingerprint density at radius 1 is 1.18 bits per heavy atom. The fraction of sp³-hybridized carbons (Fsp3) is 0.143. The van der Waals surface area contributed by atoms with Crippen molar-refractivity contribution in [3.63, 3.8) is 0 Å². The molecule has 0 amide bonds. The molecule has 4 aromatic rings. The predicted octanol–water partition coefficient (Wildman–Crippen LogP) is 4.89. The van der Waals surface area contributed by atoms with Gasteiger partial charge in [0.25, 0.3) is 5.89 Å².